The number of furan rings is 1. The van der Waals surface area contributed by atoms with Gasteiger partial charge in [-0.1, -0.05) is 0 Å². The molecule has 2 heterocycles. The largest absolute Gasteiger partial charge is 0.449 e. The zero-order valence-electron chi connectivity index (χ0n) is 7.96. The quantitative estimate of drug-likeness (QED) is 0.866. The number of hydrogen-bond donors (Lipinski definition) is 1. The summed E-state index contributed by atoms with van der Waals surface area (Å²) in [5.74, 6) is 1.91. The van der Waals surface area contributed by atoms with E-state index < -0.39 is 0 Å². The summed E-state index contributed by atoms with van der Waals surface area (Å²) in [6, 6.07) is 3.75. The monoisotopic (exact) mass is 231 g/mol. The summed E-state index contributed by atoms with van der Waals surface area (Å²) in [6.07, 6.45) is 2.60. The van der Waals surface area contributed by atoms with Crippen molar-refractivity contribution >= 4 is 23.4 Å². The van der Waals surface area contributed by atoms with Gasteiger partial charge in [0.2, 0.25) is 0 Å². The summed E-state index contributed by atoms with van der Waals surface area (Å²) in [5.41, 5.74) is 0. The van der Waals surface area contributed by atoms with Crippen LogP contribution in [0.3, 0.4) is 0 Å². The Labute approximate surface area is 93.4 Å². The minimum Gasteiger partial charge on any atom is -0.449 e. The van der Waals surface area contributed by atoms with Gasteiger partial charge in [0.1, 0.15) is 5.76 Å². The predicted molar refractivity (Wildman–Crippen MR) is 60.9 cm³/mol. The molecule has 2 rings (SSSR count). The average Bonchev–Trinajstić information content (AvgIpc) is 2.63. The molecule has 4 heteroatoms. The lowest BCUT2D eigenvalue weighted by atomic mass is 10.2. The van der Waals surface area contributed by atoms with Crippen molar-refractivity contribution in [3.8, 4) is 0 Å². The van der Waals surface area contributed by atoms with Gasteiger partial charge >= 0.3 is 0 Å². The van der Waals surface area contributed by atoms with Crippen LogP contribution in [0.15, 0.2) is 16.5 Å². The van der Waals surface area contributed by atoms with E-state index in [9.17, 15) is 0 Å². The van der Waals surface area contributed by atoms with Gasteiger partial charge in [-0.25, -0.2) is 0 Å². The van der Waals surface area contributed by atoms with Crippen LogP contribution < -0.4 is 5.32 Å². The number of halogens is 1. The molecule has 2 nitrogen and oxygen atoms in total. The predicted octanol–water partition coefficient (Wildman–Crippen LogP) is 2.92. The Balaban J connectivity index is 1.76. The van der Waals surface area contributed by atoms with Crippen molar-refractivity contribution in [2.45, 2.75) is 23.8 Å². The van der Waals surface area contributed by atoms with Crippen molar-refractivity contribution in [3.05, 3.63) is 23.1 Å². The van der Waals surface area contributed by atoms with Crippen molar-refractivity contribution in [2.24, 2.45) is 0 Å². The molecule has 1 fully saturated rings. The first-order valence-electron chi connectivity index (χ1n) is 4.91. The molecule has 0 bridgehead atoms. The summed E-state index contributed by atoms with van der Waals surface area (Å²) in [6.45, 7) is 2.29. The Hall–Kier alpha value is -0.120. The van der Waals surface area contributed by atoms with E-state index in [0.29, 0.717) is 5.22 Å². The highest BCUT2D eigenvalue weighted by Gasteiger charge is 2.13. The molecule has 1 aliphatic heterocycles. The topological polar surface area (TPSA) is 25.2 Å². The molecule has 0 aromatic carbocycles. The van der Waals surface area contributed by atoms with Crippen molar-refractivity contribution in [1.82, 2.24) is 5.32 Å². The van der Waals surface area contributed by atoms with Crippen LogP contribution >= 0.6 is 23.4 Å². The summed E-state index contributed by atoms with van der Waals surface area (Å²) < 4.78 is 5.30. The summed E-state index contributed by atoms with van der Waals surface area (Å²) >= 11 is 7.64. The molecule has 1 aliphatic rings. The fraction of sp³-hybridized carbons (Fsp3) is 0.600. The molecule has 0 aliphatic carbocycles. The first-order valence-corrected chi connectivity index (χ1v) is 6.34. The van der Waals surface area contributed by atoms with Crippen LogP contribution in [0.5, 0.6) is 0 Å². The molecule has 0 spiro atoms. The zero-order valence-corrected chi connectivity index (χ0v) is 9.53. The SMILES string of the molecule is Clc1ccc(CSC2CCCNC2)o1. The molecule has 0 amide bonds. The van der Waals surface area contributed by atoms with Gasteiger partial charge in [-0.05, 0) is 43.1 Å². The highest BCUT2D eigenvalue weighted by molar-refractivity contribution is 7.99. The maximum Gasteiger partial charge on any atom is 0.193 e. The van der Waals surface area contributed by atoms with Crippen molar-refractivity contribution < 1.29 is 4.42 Å². The molecule has 1 aromatic rings. The van der Waals surface area contributed by atoms with E-state index in [0.717, 1.165) is 23.3 Å². The lowest BCUT2D eigenvalue weighted by Crippen LogP contribution is -2.31. The number of hydrogen-bond acceptors (Lipinski definition) is 3. The van der Waals surface area contributed by atoms with Crippen LogP contribution in [0.1, 0.15) is 18.6 Å². The molecule has 1 unspecified atom stereocenters. The third-order valence-electron chi connectivity index (χ3n) is 2.34. The summed E-state index contributed by atoms with van der Waals surface area (Å²) in [7, 11) is 0. The van der Waals surface area contributed by atoms with Gasteiger partial charge in [0, 0.05) is 11.8 Å². The fourth-order valence-electron chi connectivity index (χ4n) is 1.59. The van der Waals surface area contributed by atoms with Crippen LogP contribution in [-0.4, -0.2) is 18.3 Å². The number of rotatable bonds is 3. The minimum atomic E-state index is 0.488. The Kier molecular flexibility index (Phi) is 3.79. The standard InChI is InChI=1S/C10H14ClNOS/c11-10-4-3-8(13-10)7-14-9-2-1-5-12-6-9/h3-4,9,12H,1-2,5-7H2. The van der Waals surface area contributed by atoms with E-state index in [2.05, 4.69) is 5.32 Å². The molecule has 78 valence electrons. The Morgan fingerprint density at radius 1 is 1.57 bits per heavy atom. The Morgan fingerprint density at radius 2 is 2.50 bits per heavy atom. The van der Waals surface area contributed by atoms with Gasteiger partial charge in [0.05, 0.1) is 5.75 Å². The van der Waals surface area contributed by atoms with Gasteiger partial charge in [-0.3, -0.25) is 0 Å². The second-order valence-corrected chi connectivity index (χ2v) is 5.15. The molecule has 1 N–H and O–H groups in total. The second kappa shape index (κ2) is 5.10. The van der Waals surface area contributed by atoms with Crippen LogP contribution in [0.2, 0.25) is 5.22 Å². The third kappa shape index (κ3) is 2.94. The van der Waals surface area contributed by atoms with E-state index in [4.69, 9.17) is 16.0 Å². The first-order chi connectivity index (χ1) is 6.84. The zero-order chi connectivity index (χ0) is 9.80. The maximum atomic E-state index is 5.69. The van der Waals surface area contributed by atoms with E-state index >= 15 is 0 Å². The van der Waals surface area contributed by atoms with Gasteiger partial charge in [-0.15, -0.1) is 11.8 Å². The van der Waals surface area contributed by atoms with Gasteiger partial charge in [0.15, 0.2) is 5.22 Å². The molecule has 1 aromatic heterocycles. The van der Waals surface area contributed by atoms with Crippen molar-refractivity contribution in [3.63, 3.8) is 0 Å². The first kappa shape index (κ1) is 10.4. The van der Waals surface area contributed by atoms with Crippen LogP contribution in [0, 0.1) is 0 Å². The van der Waals surface area contributed by atoms with Crippen LogP contribution in [0.25, 0.3) is 0 Å². The molecule has 14 heavy (non-hydrogen) atoms. The average molecular weight is 232 g/mol. The van der Waals surface area contributed by atoms with Crippen molar-refractivity contribution in [2.75, 3.05) is 13.1 Å². The number of nitrogens with one attached hydrogen (secondary N) is 1. The Bertz CT molecular complexity index is 283. The molecular formula is C10H14ClNOS. The summed E-state index contributed by atoms with van der Waals surface area (Å²) in [4.78, 5) is 0. The van der Waals surface area contributed by atoms with Crippen LogP contribution in [0.4, 0.5) is 0 Å². The molecule has 0 radical (unpaired) electrons. The van der Waals surface area contributed by atoms with Gasteiger partial charge < -0.3 is 9.73 Å². The summed E-state index contributed by atoms with van der Waals surface area (Å²) in [5, 5.41) is 4.62. The normalized spacial score (nSPS) is 22.5. The van der Waals surface area contributed by atoms with E-state index in [1.165, 1.54) is 19.4 Å². The van der Waals surface area contributed by atoms with Crippen LogP contribution in [-0.2, 0) is 5.75 Å². The van der Waals surface area contributed by atoms with Crippen molar-refractivity contribution in [1.29, 1.82) is 0 Å². The van der Waals surface area contributed by atoms with Gasteiger partial charge in [-0.2, -0.15) is 0 Å². The number of thioether (sulfide) groups is 1. The molecular weight excluding hydrogens is 218 g/mol. The highest BCUT2D eigenvalue weighted by atomic mass is 35.5. The number of piperidine rings is 1. The molecule has 1 saturated heterocycles. The fourth-order valence-corrected chi connectivity index (χ4v) is 2.88. The van der Waals surface area contributed by atoms with Gasteiger partial charge in [0.25, 0.3) is 0 Å². The molecule has 0 saturated carbocycles. The van der Waals surface area contributed by atoms with E-state index in [1.807, 2.05) is 17.8 Å². The van der Waals surface area contributed by atoms with E-state index in [-0.39, 0.29) is 0 Å². The minimum absolute atomic E-state index is 0.488. The maximum absolute atomic E-state index is 5.69. The lowest BCUT2D eigenvalue weighted by Gasteiger charge is -2.21. The smallest absolute Gasteiger partial charge is 0.193 e. The highest BCUT2D eigenvalue weighted by Crippen LogP contribution is 2.24. The third-order valence-corrected chi connectivity index (χ3v) is 3.87. The van der Waals surface area contributed by atoms with E-state index in [1.54, 1.807) is 6.07 Å². The Morgan fingerprint density at radius 3 is 3.14 bits per heavy atom. The molecule has 1 atom stereocenters. The lowest BCUT2D eigenvalue weighted by molar-refractivity contribution is 0.522. The second-order valence-electron chi connectivity index (χ2n) is 3.49.